The molecule has 0 aliphatic rings. The highest BCUT2D eigenvalue weighted by molar-refractivity contribution is 7.20. The van der Waals surface area contributed by atoms with Gasteiger partial charge >= 0.3 is 0 Å². The van der Waals surface area contributed by atoms with Crippen LogP contribution in [0.3, 0.4) is 0 Å². The molecule has 12 heteroatoms. The van der Waals surface area contributed by atoms with Crippen LogP contribution in [0.2, 0.25) is 0 Å². The first kappa shape index (κ1) is 25.9. The average molecular weight is 527 g/mol. The van der Waals surface area contributed by atoms with Crippen molar-refractivity contribution in [1.82, 2.24) is 20.1 Å². The van der Waals surface area contributed by atoms with Crippen molar-refractivity contribution in [2.45, 2.75) is 26.0 Å². The highest BCUT2D eigenvalue weighted by Crippen LogP contribution is 2.40. The van der Waals surface area contributed by atoms with E-state index in [9.17, 15) is 23.5 Å². The van der Waals surface area contributed by atoms with Crippen molar-refractivity contribution in [3.8, 4) is 10.4 Å². The summed E-state index contributed by atoms with van der Waals surface area (Å²) in [5.74, 6) is -2.55. The van der Waals surface area contributed by atoms with Gasteiger partial charge in [0.05, 0.1) is 29.0 Å². The van der Waals surface area contributed by atoms with E-state index in [2.05, 4.69) is 20.7 Å². The van der Waals surface area contributed by atoms with Gasteiger partial charge in [0.1, 0.15) is 28.1 Å². The third kappa shape index (κ3) is 5.65. The third-order valence-corrected chi connectivity index (χ3v) is 6.59. The lowest BCUT2D eigenvalue weighted by Crippen LogP contribution is -2.25. The molecular formula is C25H24F2N6O3S. The molecule has 0 aliphatic carbocycles. The van der Waals surface area contributed by atoms with E-state index in [1.165, 1.54) is 30.8 Å². The molecule has 0 atom stereocenters. The van der Waals surface area contributed by atoms with Gasteiger partial charge in [0, 0.05) is 18.1 Å². The van der Waals surface area contributed by atoms with Crippen LogP contribution in [0.4, 0.5) is 19.6 Å². The first-order chi connectivity index (χ1) is 17.4. The maximum Gasteiger partial charge on any atom is 0.269 e. The fraction of sp³-hybridized carbons (Fsp3) is 0.200. The molecule has 5 N–H and O–H groups in total. The zero-order valence-corrected chi connectivity index (χ0v) is 21.0. The second-order valence-corrected chi connectivity index (χ2v) is 9.81. The summed E-state index contributed by atoms with van der Waals surface area (Å²) in [6, 6.07) is 10.0. The zero-order chi connectivity index (χ0) is 26.9. The monoisotopic (exact) mass is 526 g/mol. The Labute approximate surface area is 215 Å². The van der Waals surface area contributed by atoms with E-state index in [0.717, 1.165) is 23.5 Å². The van der Waals surface area contributed by atoms with Crippen LogP contribution in [0.25, 0.3) is 10.4 Å². The molecule has 0 fully saturated rings. The number of hydrogen-bond donors (Lipinski definition) is 4. The fourth-order valence-electron chi connectivity index (χ4n) is 3.57. The molecule has 37 heavy (non-hydrogen) atoms. The standard InChI is InChI=1S/C25H24F2N6O3S/c1-25(2,36)13-9-16(26)21(17(27)10-13)19-11-15(22(28)34)24(37-19)32-20-6-4-5-14(31-20)12-29-23(35)18-7-8-30-33(18)3/h4-11,36H,12H2,1-3H3,(H2,28,34)(H,29,35)(H,31,32). The number of rotatable bonds is 8. The summed E-state index contributed by atoms with van der Waals surface area (Å²) < 4.78 is 31.2. The molecule has 0 saturated heterocycles. The van der Waals surface area contributed by atoms with Gasteiger partial charge in [-0.15, -0.1) is 11.3 Å². The van der Waals surface area contributed by atoms with E-state index in [1.54, 1.807) is 31.3 Å². The van der Waals surface area contributed by atoms with Gasteiger partial charge in [0.2, 0.25) is 0 Å². The molecule has 3 heterocycles. The molecule has 0 bridgehead atoms. The Bertz CT molecular complexity index is 1470. The molecule has 0 spiro atoms. The smallest absolute Gasteiger partial charge is 0.269 e. The van der Waals surface area contributed by atoms with Crippen LogP contribution in [0, 0.1) is 11.6 Å². The molecule has 0 saturated carbocycles. The number of pyridine rings is 1. The summed E-state index contributed by atoms with van der Waals surface area (Å²) >= 11 is 0.928. The Kier molecular flexibility index (Phi) is 7.05. The summed E-state index contributed by atoms with van der Waals surface area (Å²) in [5, 5.41) is 20.0. The van der Waals surface area contributed by atoms with Crippen LogP contribution >= 0.6 is 11.3 Å². The summed E-state index contributed by atoms with van der Waals surface area (Å²) in [7, 11) is 1.66. The van der Waals surface area contributed by atoms with E-state index in [-0.39, 0.29) is 39.0 Å². The SMILES string of the molecule is Cn1nccc1C(=O)NCc1cccc(Nc2sc(-c3c(F)cc(C(C)(C)O)cc3F)cc2C(N)=O)n1. The van der Waals surface area contributed by atoms with Crippen molar-refractivity contribution >= 4 is 34.0 Å². The second-order valence-electron chi connectivity index (χ2n) is 8.75. The number of aryl methyl sites for hydroxylation is 1. The number of hydrogen-bond acceptors (Lipinski definition) is 7. The Morgan fingerprint density at radius 2 is 1.86 bits per heavy atom. The average Bonchev–Trinajstić information content (AvgIpc) is 3.43. The first-order valence-corrected chi connectivity index (χ1v) is 11.9. The largest absolute Gasteiger partial charge is 0.386 e. The Hall–Kier alpha value is -4.16. The first-order valence-electron chi connectivity index (χ1n) is 11.1. The normalized spacial score (nSPS) is 11.4. The maximum absolute atomic E-state index is 14.9. The van der Waals surface area contributed by atoms with Crippen molar-refractivity contribution in [3.05, 3.63) is 82.8 Å². The lowest BCUT2D eigenvalue weighted by atomic mass is 9.96. The number of carbonyl (C=O) groups excluding carboxylic acids is 2. The number of benzene rings is 1. The summed E-state index contributed by atoms with van der Waals surface area (Å²) in [4.78, 5) is 29.0. The van der Waals surface area contributed by atoms with Crippen molar-refractivity contribution in [3.63, 3.8) is 0 Å². The van der Waals surface area contributed by atoms with E-state index in [0.29, 0.717) is 17.2 Å². The van der Waals surface area contributed by atoms with Crippen molar-refractivity contribution in [2.24, 2.45) is 12.8 Å². The van der Waals surface area contributed by atoms with Crippen LogP contribution < -0.4 is 16.4 Å². The molecule has 0 aliphatic heterocycles. The number of nitrogens with one attached hydrogen (secondary N) is 2. The van der Waals surface area contributed by atoms with E-state index < -0.39 is 23.1 Å². The number of amides is 2. The fourth-order valence-corrected chi connectivity index (χ4v) is 4.69. The summed E-state index contributed by atoms with van der Waals surface area (Å²) in [5.41, 5.74) is 4.76. The number of primary amides is 1. The highest BCUT2D eigenvalue weighted by atomic mass is 32.1. The molecule has 2 amide bonds. The number of nitrogens with zero attached hydrogens (tertiary/aromatic N) is 3. The molecule has 4 rings (SSSR count). The van der Waals surface area contributed by atoms with Gasteiger partial charge in [-0.05, 0) is 55.8 Å². The predicted octanol–water partition coefficient (Wildman–Crippen LogP) is 3.82. The van der Waals surface area contributed by atoms with Gasteiger partial charge in [-0.3, -0.25) is 14.3 Å². The van der Waals surface area contributed by atoms with Crippen molar-refractivity contribution in [1.29, 1.82) is 0 Å². The molecule has 1 aromatic carbocycles. The van der Waals surface area contributed by atoms with Crippen LogP contribution in [0.1, 0.15) is 46.0 Å². The number of thiophene rings is 1. The van der Waals surface area contributed by atoms with Gasteiger partial charge in [-0.2, -0.15) is 5.10 Å². The number of anilines is 2. The summed E-state index contributed by atoms with van der Waals surface area (Å²) in [6.45, 7) is 2.97. The minimum absolute atomic E-state index is 0.0297. The highest BCUT2D eigenvalue weighted by Gasteiger charge is 2.24. The number of aliphatic hydroxyl groups is 1. The molecule has 0 radical (unpaired) electrons. The number of nitrogens with two attached hydrogens (primary N) is 1. The van der Waals surface area contributed by atoms with Crippen LogP contribution in [0.15, 0.2) is 48.7 Å². The molecule has 3 aromatic heterocycles. The van der Waals surface area contributed by atoms with Crippen LogP contribution in [0.5, 0.6) is 0 Å². The minimum atomic E-state index is -1.44. The van der Waals surface area contributed by atoms with Gasteiger partial charge in [-0.25, -0.2) is 13.8 Å². The molecule has 192 valence electrons. The van der Waals surface area contributed by atoms with Gasteiger partial charge < -0.3 is 21.5 Å². The third-order valence-electron chi connectivity index (χ3n) is 5.52. The van der Waals surface area contributed by atoms with Gasteiger partial charge in [0.15, 0.2) is 0 Å². The predicted molar refractivity (Wildman–Crippen MR) is 135 cm³/mol. The maximum atomic E-state index is 14.9. The van der Waals surface area contributed by atoms with Crippen LogP contribution in [-0.2, 0) is 19.2 Å². The Morgan fingerprint density at radius 1 is 1.16 bits per heavy atom. The van der Waals surface area contributed by atoms with Gasteiger partial charge in [0.25, 0.3) is 11.8 Å². The van der Waals surface area contributed by atoms with Crippen LogP contribution in [-0.4, -0.2) is 31.7 Å². The number of halogens is 2. The van der Waals surface area contributed by atoms with E-state index >= 15 is 0 Å². The lowest BCUT2D eigenvalue weighted by Gasteiger charge is -2.18. The molecule has 4 aromatic rings. The Morgan fingerprint density at radius 3 is 2.46 bits per heavy atom. The number of aromatic nitrogens is 3. The van der Waals surface area contributed by atoms with E-state index in [1.807, 2.05) is 0 Å². The summed E-state index contributed by atoms with van der Waals surface area (Å²) in [6.07, 6.45) is 1.52. The minimum Gasteiger partial charge on any atom is -0.386 e. The van der Waals surface area contributed by atoms with Crippen molar-refractivity contribution < 1.29 is 23.5 Å². The van der Waals surface area contributed by atoms with Gasteiger partial charge in [-0.1, -0.05) is 6.07 Å². The Balaban J connectivity index is 1.58. The molecule has 0 unspecified atom stereocenters. The second kappa shape index (κ2) is 10.1. The zero-order valence-electron chi connectivity index (χ0n) is 20.2. The quantitative estimate of drug-likeness (QED) is 0.276. The van der Waals surface area contributed by atoms with Crippen molar-refractivity contribution in [2.75, 3.05) is 5.32 Å². The molecule has 9 nitrogen and oxygen atoms in total. The molecular weight excluding hydrogens is 502 g/mol. The topological polar surface area (TPSA) is 135 Å². The van der Waals surface area contributed by atoms with E-state index in [4.69, 9.17) is 5.73 Å². The lowest BCUT2D eigenvalue weighted by molar-refractivity contribution is 0.0778. The number of carbonyl (C=O) groups is 2.